The quantitative estimate of drug-likeness (QED) is 0.509. The lowest BCUT2D eigenvalue weighted by atomic mass is 10.1. The number of ether oxygens (including phenoxy) is 1. The van der Waals surface area contributed by atoms with Crippen molar-refractivity contribution in [3.05, 3.63) is 65.2 Å². The molecule has 1 unspecified atom stereocenters. The first kappa shape index (κ1) is 24.7. The topological polar surface area (TPSA) is 35.9 Å². The number of benzene rings is 2. The number of aliphatic hydroxyl groups excluding tert-OH is 1. The van der Waals surface area contributed by atoms with Gasteiger partial charge in [0.15, 0.2) is 0 Å². The van der Waals surface area contributed by atoms with E-state index in [4.69, 9.17) is 4.74 Å². The lowest BCUT2D eigenvalue weighted by Gasteiger charge is -2.35. The molecule has 1 fully saturated rings. The van der Waals surface area contributed by atoms with Crippen molar-refractivity contribution < 1.29 is 34.7 Å². The van der Waals surface area contributed by atoms with Crippen molar-refractivity contribution in [2.75, 3.05) is 39.3 Å². The number of aryl methyl sites for hydroxylation is 2. The van der Waals surface area contributed by atoms with Gasteiger partial charge in [-0.1, -0.05) is 48.5 Å². The zero-order valence-corrected chi connectivity index (χ0v) is 18.2. The molecule has 4 nitrogen and oxygen atoms in total. The maximum absolute atomic E-state index is 10.4. The Morgan fingerprint density at radius 2 is 1.43 bits per heavy atom. The van der Waals surface area contributed by atoms with E-state index in [2.05, 4.69) is 40.1 Å². The van der Waals surface area contributed by atoms with E-state index in [1.807, 2.05) is 32.0 Å². The van der Waals surface area contributed by atoms with Crippen LogP contribution in [0, 0.1) is 13.8 Å². The number of rotatable bonds is 7. The zero-order chi connectivity index (χ0) is 18.4. The van der Waals surface area contributed by atoms with Crippen molar-refractivity contribution in [2.45, 2.75) is 26.5 Å². The Bertz CT molecular complexity index is 672. The molecule has 0 amide bonds. The highest BCUT2D eigenvalue weighted by atomic mass is 35.5. The van der Waals surface area contributed by atoms with Crippen LogP contribution in [0.2, 0.25) is 0 Å². The van der Waals surface area contributed by atoms with E-state index in [0.29, 0.717) is 13.2 Å². The number of β-amino-alcohol motifs (C(OH)–C–C–N with tert-alkyl or cyclic N) is 1. The van der Waals surface area contributed by atoms with E-state index in [-0.39, 0.29) is 24.8 Å². The van der Waals surface area contributed by atoms with Crippen molar-refractivity contribution >= 4 is 0 Å². The van der Waals surface area contributed by atoms with E-state index >= 15 is 0 Å². The van der Waals surface area contributed by atoms with E-state index < -0.39 is 6.10 Å². The number of nitrogens with zero attached hydrogens (tertiary/aromatic N) is 2. The van der Waals surface area contributed by atoms with E-state index in [1.165, 1.54) is 5.56 Å². The van der Waals surface area contributed by atoms with Crippen LogP contribution in [0.1, 0.15) is 16.7 Å². The Balaban J connectivity index is 0.00000196. The van der Waals surface area contributed by atoms with Crippen molar-refractivity contribution in [3.8, 4) is 5.75 Å². The summed E-state index contributed by atoms with van der Waals surface area (Å²) < 4.78 is 5.88. The molecule has 0 radical (unpaired) electrons. The number of halogens is 2. The SMILES string of the molecule is Cc1cccc(C)c1OCC(O)CN1CCN(Cc2ccccc2)CC1.[Cl-].[Cl-]. The summed E-state index contributed by atoms with van der Waals surface area (Å²) in [4.78, 5) is 4.81. The van der Waals surface area contributed by atoms with Gasteiger partial charge in [-0.15, -0.1) is 0 Å². The average Bonchev–Trinajstić information content (AvgIpc) is 2.64. The van der Waals surface area contributed by atoms with Gasteiger partial charge in [0.1, 0.15) is 18.5 Å². The van der Waals surface area contributed by atoms with E-state index in [1.54, 1.807) is 0 Å². The molecule has 156 valence electrons. The van der Waals surface area contributed by atoms with Crippen LogP contribution in [-0.2, 0) is 6.54 Å². The molecule has 0 spiro atoms. The minimum absolute atomic E-state index is 0. The van der Waals surface area contributed by atoms with Gasteiger partial charge in [0.05, 0.1) is 0 Å². The maximum Gasteiger partial charge on any atom is 0.125 e. The molecule has 0 saturated carbocycles. The monoisotopic (exact) mass is 424 g/mol. The van der Waals surface area contributed by atoms with Crippen LogP contribution in [0.25, 0.3) is 0 Å². The zero-order valence-electron chi connectivity index (χ0n) is 16.7. The van der Waals surface area contributed by atoms with Crippen molar-refractivity contribution in [2.24, 2.45) is 0 Å². The van der Waals surface area contributed by atoms with Crippen LogP contribution in [0.3, 0.4) is 0 Å². The van der Waals surface area contributed by atoms with E-state index in [9.17, 15) is 5.11 Å². The molecule has 2 aromatic carbocycles. The fourth-order valence-electron chi connectivity index (χ4n) is 3.53. The van der Waals surface area contributed by atoms with Crippen LogP contribution >= 0.6 is 0 Å². The molecule has 3 rings (SSSR count). The smallest absolute Gasteiger partial charge is 0.125 e. The molecule has 1 aliphatic rings. The lowest BCUT2D eigenvalue weighted by molar-refractivity contribution is -0.00100. The van der Waals surface area contributed by atoms with Crippen molar-refractivity contribution in [3.63, 3.8) is 0 Å². The number of para-hydroxylation sites is 1. The third kappa shape index (κ3) is 7.26. The largest absolute Gasteiger partial charge is 1.00 e. The van der Waals surface area contributed by atoms with Crippen LogP contribution in [-0.4, -0.2) is 60.3 Å². The molecule has 28 heavy (non-hydrogen) atoms. The maximum atomic E-state index is 10.4. The first-order chi connectivity index (χ1) is 12.6. The number of piperazine rings is 1. The van der Waals surface area contributed by atoms with Crippen LogP contribution in [0.15, 0.2) is 48.5 Å². The van der Waals surface area contributed by atoms with Crippen LogP contribution < -0.4 is 29.6 Å². The van der Waals surface area contributed by atoms with Gasteiger partial charge < -0.3 is 34.7 Å². The first-order valence-electron chi connectivity index (χ1n) is 9.47. The Kier molecular flexibility index (Phi) is 10.9. The second-order valence-electron chi connectivity index (χ2n) is 7.25. The minimum atomic E-state index is -0.463. The molecule has 0 aliphatic carbocycles. The van der Waals surface area contributed by atoms with Gasteiger partial charge in [-0.3, -0.25) is 9.80 Å². The highest BCUT2D eigenvalue weighted by Crippen LogP contribution is 2.22. The highest BCUT2D eigenvalue weighted by molar-refractivity contribution is 5.39. The molecular weight excluding hydrogens is 395 g/mol. The van der Waals surface area contributed by atoms with Crippen molar-refractivity contribution in [1.82, 2.24) is 9.80 Å². The fraction of sp³-hybridized carbons (Fsp3) is 0.455. The average molecular weight is 425 g/mol. The molecule has 2 aromatic rings. The molecular formula is C22H30Cl2N2O2-2. The summed E-state index contributed by atoms with van der Waals surface area (Å²) in [6, 6.07) is 16.7. The Labute approximate surface area is 181 Å². The third-order valence-electron chi connectivity index (χ3n) is 5.01. The third-order valence-corrected chi connectivity index (χ3v) is 5.01. The predicted molar refractivity (Wildman–Crippen MR) is 106 cm³/mol. The fourth-order valence-corrected chi connectivity index (χ4v) is 3.53. The Morgan fingerprint density at radius 1 is 0.857 bits per heavy atom. The van der Waals surface area contributed by atoms with Gasteiger partial charge in [-0.05, 0) is 30.5 Å². The van der Waals surface area contributed by atoms with Gasteiger partial charge in [-0.25, -0.2) is 0 Å². The molecule has 1 heterocycles. The van der Waals surface area contributed by atoms with Gasteiger partial charge in [0.25, 0.3) is 0 Å². The van der Waals surface area contributed by atoms with Gasteiger partial charge >= 0.3 is 0 Å². The van der Waals surface area contributed by atoms with Crippen LogP contribution in [0.5, 0.6) is 5.75 Å². The van der Waals surface area contributed by atoms with Gasteiger partial charge in [0, 0.05) is 39.3 Å². The molecule has 0 bridgehead atoms. The summed E-state index contributed by atoms with van der Waals surface area (Å²) in [7, 11) is 0. The Morgan fingerprint density at radius 3 is 2.04 bits per heavy atom. The summed E-state index contributed by atoms with van der Waals surface area (Å²) >= 11 is 0. The molecule has 1 N–H and O–H groups in total. The van der Waals surface area contributed by atoms with Gasteiger partial charge in [-0.2, -0.15) is 0 Å². The predicted octanol–water partition coefficient (Wildman–Crippen LogP) is -3.13. The number of hydrogen-bond acceptors (Lipinski definition) is 4. The summed E-state index contributed by atoms with van der Waals surface area (Å²) in [5.41, 5.74) is 3.60. The van der Waals surface area contributed by atoms with Gasteiger partial charge in [0.2, 0.25) is 0 Å². The highest BCUT2D eigenvalue weighted by Gasteiger charge is 2.19. The molecule has 6 heteroatoms. The Hall–Kier alpha value is -1.30. The first-order valence-corrected chi connectivity index (χ1v) is 9.47. The molecule has 1 aliphatic heterocycles. The number of hydrogen-bond donors (Lipinski definition) is 1. The summed E-state index contributed by atoms with van der Waals surface area (Å²) in [6.07, 6.45) is -0.463. The summed E-state index contributed by atoms with van der Waals surface area (Å²) in [5.74, 6) is 0.902. The molecule has 0 aromatic heterocycles. The summed E-state index contributed by atoms with van der Waals surface area (Å²) in [5, 5.41) is 10.4. The molecule has 1 atom stereocenters. The second kappa shape index (κ2) is 12.3. The normalized spacial score (nSPS) is 16.0. The van der Waals surface area contributed by atoms with Crippen LogP contribution in [0.4, 0.5) is 0 Å². The number of aliphatic hydroxyl groups is 1. The van der Waals surface area contributed by atoms with E-state index in [0.717, 1.165) is 49.6 Å². The van der Waals surface area contributed by atoms with Crippen molar-refractivity contribution in [1.29, 1.82) is 0 Å². The summed E-state index contributed by atoms with van der Waals surface area (Å²) in [6.45, 7) is 10.2. The molecule has 1 saturated heterocycles. The second-order valence-corrected chi connectivity index (χ2v) is 7.25. The minimum Gasteiger partial charge on any atom is -1.00 e. The lowest BCUT2D eigenvalue weighted by Crippen LogP contribution is -3.00. The standard InChI is InChI=1S/C22H30N2O2.2ClH/c1-18-7-6-8-19(2)22(18)26-17-21(25)16-24-13-11-23(12-14-24)15-20-9-4-3-5-10-20;;/h3-10,21,25H,11-17H2,1-2H3;2*1H/p-2.